The maximum absolute atomic E-state index is 12.1. The molecule has 0 saturated carbocycles. The highest BCUT2D eigenvalue weighted by Gasteiger charge is 2.13. The molecule has 0 heterocycles. The van der Waals surface area contributed by atoms with Crippen LogP contribution in [-0.4, -0.2) is 19.1 Å². The number of ether oxygens (including phenoxy) is 1. The van der Waals surface area contributed by atoms with E-state index in [1.807, 2.05) is 30.3 Å². The summed E-state index contributed by atoms with van der Waals surface area (Å²) in [5.74, 6) is -0.260. The van der Waals surface area contributed by atoms with Crippen molar-refractivity contribution in [2.45, 2.75) is 13.1 Å². The number of hydrogen-bond donors (Lipinski definition) is 1. The Hall–Kier alpha value is -2.62. The number of rotatable bonds is 8. The van der Waals surface area contributed by atoms with Crippen molar-refractivity contribution >= 4 is 5.97 Å². The Balaban J connectivity index is 0.00000261. The van der Waals surface area contributed by atoms with Crippen molar-refractivity contribution in [3.8, 4) is 0 Å². The smallest absolute Gasteiger partial charge is 0.338 e. The average molecular weight is 382 g/mol. The van der Waals surface area contributed by atoms with Crippen LogP contribution < -0.4 is 17.3 Å². The van der Waals surface area contributed by atoms with E-state index < -0.39 is 0 Å². The molecule has 140 valence electrons. The third-order valence-electron chi connectivity index (χ3n) is 4.29. The molecule has 3 aromatic rings. The van der Waals surface area contributed by atoms with E-state index in [-0.39, 0.29) is 18.4 Å². The molecule has 3 aromatic carbocycles. The summed E-state index contributed by atoms with van der Waals surface area (Å²) < 4.78 is 5.47. The molecule has 1 N–H and O–H groups in total. The average Bonchev–Trinajstić information content (AvgIpc) is 2.70. The summed E-state index contributed by atoms with van der Waals surface area (Å²) in [6.07, 6.45) is 0. The van der Waals surface area contributed by atoms with Crippen LogP contribution in [0.3, 0.4) is 0 Å². The van der Waals surface area contributed by atoms with Gasteiger partial charge >= 0.3 is 5.97 Å². The second-order valence-corrected chi connectivity index (χ2v) is 6.33. The van der Waals surface area contributed by atoms with Crippen molar-refractivity contribution in [1.29, 1.82) is 0 Å². The van der Waals surface area contributed by atoms with Crippen LogP contribution in [0.2, 0.25) is 0 Å². The number of hydrogen-bond acceptors (Lipinski definition) is 2. The zero-order chi connectivity index (χ0) is 18.0. The second-order valence-electron chi connectivity index (χ2n) is 6.33. The zero-order valence-corrected chi connectivity index (χ0v) is 15.9. The van der Waals surface area contributed by atoms with Crippen molar-refractivity contribution < 1.29 is 26.8 Å². The first-order valence-corrected chi connectivity index (χ1v) is 8.95. The molecule has 0 spiro atoms. The molecule has 0 aliphatic heterocycles. The lowest BCUT2D eigenvalue weighted by atomic mass is 10.1. The van der Waals surface area contributed by atoms with Crippen molar-refractivity contribution in [3.63, 3.8) is 0 Å². The van der Waals surface area contributed by atoms with Gasteiger partial charge in [0.05, 0.1) is 5.56 Å². The quantitative estimate of drug-likeness (QED) is 0.562. The first kappa shape index (κ1) is 20.7. The number of nitrogens with one attached hydrogen (secondary N) is 1. The van der Waals surface area contributed by atoms with Crippen LogP contribution in [-0.2, 0) is 17.8 Å². The largest absolute Gasteiger partial charge is 1.00 e. The van der Waals surface area contributed by atoms with Gasteiger partial charge in [-0.25, -0.2) is 4.79 Å². The molecule has 0 saturated heterocycles. The minimum atomic E-state index is -0.260. The van der Waals surface area contributed by atoms with Crippen molar-refractivity contribution in [1.82, 2.24) is 0 Å². The lowest BCUT2D eigenvalue weighted by molar-refractivity contribution is -0.927. The number of esters is 1. The Bertz CT molecular complexity index is 753. The molecule has 0 aliphatic rings. The van der Waals surface area contributed by atoms with Gasteiger partial charge < -0.3 is 22.0 Å². The highest BCUT2D eigenvalue weighted by molar-refractivity contribution is 5.89. The van der Waals surface area contributed by atoms with Crippen molar-refractivity contribution in [3.05, 3.63) is 108 Å². The van der Waals surface area contributed by atoms with Gasteiger partial charge in [0.15, 0.2) is 0 Å². The first-order valence-electron chi connectivity index (χ1n) is 8.95. The van der Waals surface area contributed by atoms with Gasteiger partial charge in [0.1, 0.15) is 26.2 Å². The van der Waals surface area contributed by atoms with E-state index in [2.05, 4.69) is 48.5 Å². The van der Waals surface area contributed by atoms with Crippen LogP contribution in [0.4, 0.5) is 0 Å². The molecule has 0 aliphatic carbocycles. The molecule has 27 heavy (non-hydrogen) atoms. The maximum atomic E-state index is 12.1. The lowest BCUT2D eigenvalue weighted by Crippen LogP contribution is -3.09. The van der Waals surface area contributed by atoms with Crippen LogP contribution in [0.25, 0.3) is 0 Å². The van der Waals surface area contributed by atoms with Crippen LogP contribution in [0, 0.1) is 0 Å². The van der Waals surface area contributed by atoms with Gasteiger partial charge in [-0.3, -0.25) is 0 Å². The third-order valence-corrected chi connectivity index (χ3v) is 4.29. The van der Waals surface area contributed by atoms with E-state index in [4.69, 9.17) is 4.74 Å². The summed E-state index contributed by atoms with van der Waals surface area (Å²) in [7, 11) is 0. The van der Waals surface area contributed by atoms with E-state index in [0.717, 1.165) is 19.6 Å². The summed E-state index contributed by atoms with van der Waals surface area (Å²) in [6, 6.07) is 30.0. The van der Waals surface area contributed by atoms with Crippen LogP contribution in [0.15, 0.2) is 91.0 Å². The predicted molar refractivity (Wildman–Crippen MR) is 103 cm³/mol. The highest BCUT2D eigenvalue weighted by atomic mass is 35.5. The van der Waals surface area contributed by atoms with E-state index in [1.54, 1.807) is 12.1 Å². The van der Waals surface area contributed by atoms with Crippen molar-refractivity contribution in [2.75, 3.05) is 13.2 Å². The molecular weight excluding hydrogens is 358 g/mol. The molecule has 3 rings (SSSR count). The molecule has 0 atom stereocenters. The van der Waals surface area contributed by atoms with Gasteiger partial charge in [-0.05, 0) is 12.1 Å². The van der Waals surface area contributed by atoms with Gasteiger partial charge in [-0.1, -0.05) is 78.9 Å². The Morgan fingerprint density at radius 1 is 0.704 bits per heavy atom. The SMILES string of the molecule is O=C(OCC[NH+](Cc1ccccc1)Cc1ccccc1)c1ccccc1.[Cl-]. The van der Waals surface area contributed by atoms with Gasteiger partial charge in [0, 0.05) is 11.1 Å². The Labute approximate surface area is 167 Å². The normalized spacial score (nSPS) is 10.3. The van der Waals surface area contributed by atoms with Crippen LogP contribution in [0.1, 0.15) is 21.5 Å². The first-order chi connectivity index (χ1) is 12.8. The standard InChI is InChI=1S/C23H23NO2.ClH/c25-23(22-14-8-3-9-15-22)26-17-16-24(18-20-10-4-1-5-11-20)19-21-12-6-2-7-13-21;/h1-15H,16-19H2;1H. The molecule has 0 amide bonds. The summed E-state index contributed by atoms with van der Waals surface area (Å²) in [4.78, 5) is 13.5. The number of carbonyl (C=O) groups excluding carboxylic acids is 1. The molecule has 0 aromatic heterocycles. The zero-order valence-electron chi connectivity index (χ0n) is 15.2. The summed E-state index contributed by atoms with van der Waals surface area (Å²) in [5.41, 5.74) is 3.17. The minimum absolute atomic E-state index is 0. The monoisotopic (exact) mass is 381 g/mol. The molecule has 4 heteroatoms. The topological polar surface area (TPSA) is 30.7 Å². The molecule has 0 fully saturated rings. The van der Waals surface area contributed by atoms with Gasteiger partial charge in [0.2, 0.25) is 0 Å². The third kappa shape index (κ3) is 6.89. The van der Waals surface area contributed by atoms with Crippen LogP contribution >= 0.6 is 0 Å². The number of benzene rings is 3. The molecule has 3 nitrogen and oxygen atoms in total. The van der Waals surface area contributed by atoms with E-state index in [0.29, 0.717) is 12.2 Å². The fourth-order valence-electron chi connectivity index (χ4n) is 2.95. The Morgan fingerprint density at radius 3 is 1.63 bits per heavy atom. The Kier molecular flexibility index (Phi) is 8.56. The molecular formula is C23H24ClNO2. The van der Waals surface area contributed by atoms with Crippen molar-refractivity contribution in [2.24, 2.45) is 0 Å². The van der Waals surface area contributed by atoms with Crippen LogP contribution in [0.5, 0.6) is 0 Å². The predicted octanol–water partition coefficient (Wildman–Crippen LogP) is 0.133. The number of halogens is 1. The van der Waals surface area contributed by atoms with E-state index in [9.17, 15) is 4.79 Å². The lowest BCUT2D eigenvalue weighted by Gasteiger charge is -2.20. The van der Waals surface area contributed by atoms with Gasteiger partial charge in [-0.15, -0.1) is 0 Å². The summed E-state index contributed by atoms with van der Waals surface area (Å²) in [6.45, 7) is 2.97. The van der Waals surface area contributed by atoms with Gasteiger partial charge in [0.25, 0.3) is 0 Å². The molecule has 0 unspecified atom stereocenters. The summed E-state index contributed by atoms with van der Waals surface area (Å²) in [5, 5.41) is 0. The number of quaternary nitrogens is 1. The number of carbonyl (C=O) groups is 1. The maximum Gasteiger partial charge on any atom is 0.338 e. The highest BCUT2D eigenvalue weighted by Crippen LogP contribution is 2.01. The minimum Gasteiger partial charge on any atom is -1.00 e. The fraction of sp³-hybridized carbons (Fsp3) is 0.174. The van der Waals surface area contributed by atoms with E-state index in [1.165, 1.54) is 16.0 Å². The second kappa shape index (κ2) is 11.2. The molecule has 0 bridgehead atoms. The molecule has 0 radical (unpaired) electrons. The van der Waals surface area contributed by atoms with E-state index >= 15 is 0 Å². The Morgan fingerprint density at radius 2 is 1.15 bits per heavy atom. The van der Waals surface area contributed by atoms with Gasteiger partial charge in [-0.2, -0.15) is 0 Å². The summed E-state index contributed by atoms with van der Waals surface area (Å²) >= 11 is 0. The fourth-order valence-corrected chi connectivity index (χ4v) is 2.95.